The molecular weight excluding hydrogens is 382 g/mol. The minimum absolute atomic E-state index is 0.177. The molecule has 2 aromatic rings. The van der Waals surface area contributed by atoms with Crippen LogP contribution < -0.4 is 0 Å². The normalized spacial score (nSPS) is 19.1. The monoisotopic (exact) mass is 401 g/mol. The van der Waals surface area contributed by atoms with Crippen LogP contribution in [-0.4, -0.2) is 50.8 Å². The van der Waals surface area contributed by atoms with Crippen molar-refractivity contribution in [1.29, 1.82) is 0 Å². The van der Waals surface area contributed by atoms with Gasteiger partial charge in [-0.05, 0) is 29.3 Å². The van der Waals surface area contributed by atoms with Crippen LogP contribution in [0, 0.1) is 0 Å². The van der Waals surface area contributed by atoms with E-state index in [-0.39, 0.29) is 24.7 Å². The van der Waals surface area contributed by atoms with E-state index in [2.05, 4.69) is 4.98 Å². The first-order valence-electron chi connectivity index (χ1n) is 8.82. The van der Waals surface area contributed by atoms with E-state index in [9.17, 15) is 14.4 Å². The van der Waals surface area contributed by atoms with E-state index in [0.29, 0.717) is 11.4 Å². The lowest BCUT2D eigenvalue weighted by Gasteiger charge is -2.30. The second kappa shape index (κ2) is 8.39. The molecule has 0 bridgehead atoms. The van der Waals surface area contributed by atoms with Crippen molar-refractivity contribution in [2.75, 3.05) is 7.05 Å². The minimum atomic E-state index is -1.06. The van der Waals surface area contributed by atoms with Crippen LogP contribution >= 0.6 is 11.6 Å². The van der Waals surface area contributed by atoms with Gasteiger partial charge < -0.3 is 14.9 Å². The molecule has 0 spiro atoms. The zero-order valence-corrected chi connectivity index (χ0v) is 16.0. The molecule has 8 heteroatoms. The number of rotatable bonds is 6. The van der Waals surface area contributed by atoms with E-state index in [0.717, 1.165) is 11.1 Å². The van der Waals surface area contributed by atoms with Crippen molar-refractivity contribution in [3.63, 3.8) is 0 Å². The van der Waals surface area contributed by atoms with Crippen LogP contribution in [0.15, 0.2) is 48.8 Å². The molecule has 2 atom stereocenters. The van der Waals surface area contributed by atoms with Crippen LogP contribution in [-0.2, 0) is 20.8 Å². The fourth-order valence-corrected chi connectivity index (χ4v) is 3.56. The van der Waals surface area contributed by atoms with Gasteiger partial charge in [-0.25, -0.2) is 0 Å². The maximum absolute atomic E-state index is 13.0. The SMILES string of the molecule is CN1C(=O)C(Cc2cccnc2)N(C(=O)CCC(=O)O)C1c1ccc(Cl)cc1. The summed E-state index contributed by atoms with van der Waals surface area (Å²) in [6.07, 6.45) is 2.51. The Balaban J connectivity index is 1.96. The molecule has 2 heterocycles. The molecule has 7 nitrogen and oxygen atoms in total. The number of benzene rings is 1. The van der Waals surface area contributed by atoms with Gasteiger partial charge in [0.25, 0.3) is 0 Å². The fraction of sp³-hybridized carbons (Fsp3) is 0.300. The summed E-state index contributed by atoms with van der Waals surface area (Å²) >= 11 is 5.97. The van der Waals surface area contributed by atoms with E-state index in [4.69, 9.17) is 16.7 Å². The average molecular weight is 402 g/mol. The predicted octanol–water partition coefficient (Wildman–Crippen LogP) is 2.51. The van der Waals surface area contributed by atoms with Gasteiger partial charge in [0.2, 0.25) is 11.8 Å². The molecule has 1 aliphatic heterocycles. The number of amides is 2. The molecule has 146 valence electrons. The zero-order chi connectivity index (χ0) is 20.3. The van der Waals surface area contributed by atoms with E-state index in [1.807, 2.05) is 6.07 Å². The number of carboxylic acids is 1. The van der Waals surface area contributed by atoms with Crippen molar-refractivity contribution in [3.8, 4) is 0 Å². The smallest absolute Gasteiger partial charge is 0.303 e. The maximum Gasteiger partial charge on any atom is 0.303 e. The fourth-order valence-electron chi connectivity index (χ4n) is 3.43. The Morgan fingerprint density at radius 1 is 1.18 bits per heavy atom. The summed E-state index contributed by atoms with van der Waals surface area (Å²) in [7, 11) is 1.64. The lowest BCUT2D eigenvalue weighted by Crippen LogP contribution is -2.41. The maximum atomic E-state index is 13.0. The summed E-state index contributed by atoms with van der Waals surface area (Å²) in [5.41, 5.74) is 1.56. The summed E-state index contributed by atoms with van der Waals surface area (Å²) < 4.78 is 0. The highest BCUT2D eigenvalue weighted by atomic mass is 35.5. The second-order valence-corrected chi connectivity index (χ2v) is 7.09. The van der Waals surface area contributed by atoms with Gasteiger partial charge in [-0.2, -0.15) is 0 Å². The lowest BCUT2D eigenvalue weighted by atomic mass is 10.1. The second-order valence-electron chi connectivity index (χ2n) is 6.65. The van der Waals surface area contributed by atoms with Crippen LogP contribution in [0.5, 0.6) is 0 Å². The minimum Gasteiger partial charge on any atom is -0.481 e. The number of nitrogens with zero attached hydrogens (tertiary/aromatic N) is 3. The number of hydrogen-bond acceptors (Lipinski definition) is 4. The van der Waals surface area contributed by atoms with Gasteiger partial charge in [0.15, 0.2) is 0 Å². The number of aromatic nitrogens is 1. The first kappa shape index (κ1) is 19.8. The van der Waals surface area contributed by atoms with Crippen molar-refractivity contribution >= 4 is 29.4 Å². The molecule has 0 saturated carbocycles. The van der Waals surface area contributed by atoms with Crippen molar-refractivity contribution in [1.82, 2.24) is 14.8 Å². The highest BCUT2D eigenvalue weighted by molar-refractivity contribution is 6.30. The number of likely N-dealkylation sites (N-methyl/N-ethyl adjacent to an activating group) is 1. The largest absolute Gasteiger partial charge is 0.481 e. The molecule has 1 saturated heterocycles. The van der Waals surface area contributed by atoms with Gasteiger partial charge in [-0.15, -0.1) is 0 Å². The number of carboxylic acid groups (broad SMARTS) is 1. The standard InChI is InChI=1S/C20H20ClN3O4/c1-23-19(14-4-6-15(21)7-5-14)24(17(25)8-9-18(26)27)16(20(23)28)11-13-3-2-10-22-12-13/h2-7,10,12,16,19H,8-9,11H2,1H3,(H,26,27). The predicted molar refractivity (Wildman–Crippen MR) is 102 cm³/mol. The number of carbonyl (C=O) groups excluding carboxylic acids is 2. The Morgan fingerprint density at radius 3 is 2.50 bits per heavy atom. The van der Waals surface area contributed by atoms with Crippen molar-refractivity contribution < 1.29 is 19.5 Å². The molecule has 0 radical (unpaired) electrons. The Hall–Kier alpha value is -2.93. The lowest BCUT2D eigenvalue weighted by molar-refractivity contribution is -0.142. The number of hydrogen-bond donors (Lipinski definition) is 1. The summed E-state index contributed by atoms with van der Waals surface area (Å²) in [5, 5.41) is 9.50. The molecule has 0 aliphatic carbocycles. The molecule has 2 amide bonds. The van der Waals surface area contributed by atoms with Gasteiger partial charge >= 0.3 is 5.97 Å². The molecule has 1 aliphatic rings. The topological polar surface area (TPSA) is 90.8 Å². The van der Waals surface area contributed by atoms with Gasteiger partial charge in [0.05, 0.1) is 6.42 Å². The first-order chi connectivity index (χ1) is 13.4. The Bertz CT molecular complexity index is 873. The Kier molecular flexibility index (Phi) is 5.94. The number of halogens is 1. The van der Waals surface area contributed by atoms with Crippen LogP contribution in [0.3, 0.4) is 0 Å². The Labute approximate surface area is 167 Å². The van der Waals surface area contributed by atoms with Crippen LogP contribution in [0.2, 0.25) is 5.02 Å². The van der Waals surface area contributed by atoms with Gasteiger partial charge in [0.1, 0.15) is 12.2 Å². The number of aliphatic carboxylic acids is 1. The van der Waals surface area contributed by atoms with Crippen molar-refractivity contribution in [3.05, 3.63) is 64.9 Å². The van der Waals surface area contributed by atoms with E-state index in [1.54, 1.807) is 49.8 Å². The van der Waals surface area contributed by atoms with Crippen molar-refractivity contribution in [2.45, 2.75) is 31.5 Å². The van der Waals surface area contributed by atoms with Gasteiger partial charge in [0, 0.05) is 37.3 Å². The van der Waals surface area contributed by atoms with Crippen molar-refractivity contribution in [2.24, 2.45) is 0 Å². The number of pyridine rings is 1. The first-order valence-corrected chi connectivity index (χ1v) is 9.20. The summed E-state index contributed by atoms with van der Waals surface area (Å²) in [6.45, 7) is 0. The highest BCUT2D eigenvalue weighted by Crippen LogP contribution is 2.35. The molecule has 1 N–H and O–H groups in total. The number of carbonyl (C=O) groups is 3. The van der Waals surface area contributed by atoms with E-state index in [1.165, 1.54) is 9.80 Å². The molecule has 1 fully saturated rings. The van der Waals surface area contributed by atoms with Gasteiger partial charge in [-0.1, -0.05) is 29.8 Å². The summed E-state index contributed by atoms with van der Waals surface area (Å²) in [6, 6.07) is 9.81. The third kappa shape index (κ3) is 4.14. The molecule has 1 aromatic carbocycles. The molecule has 1 aromatic heterocycles. The Morgan fingerprint density at radius 2 is 1.89 bits per heavy atom. The summed E-state index contributed by atoms with van der Waals surface area (Å²) in [4.78, 5) is 43.9. The average Bonchev–Trinajstić information content (AvgIpc) is 2.92. The van der Waals surface area contributed by atoms with E-state index >= 15 is 0 Å². The van der Waals surface area contributed by atoms with Crippen LogP contribution in [0.4, 0.5) is 0 Å². The van der Waals surface area contributed by atoms with Gasteiger partial charge in [-0.3, -0.25) is 19.4 Å². The molecular formula is C20H20ClN3O4. The van der Waals surface area contributed by atoms with Crippen LogP contribution in [0.1, 0.15) is 30.1 Å². The quantitative estimate of drug-likeness (QED) is 0.803. The van der Waals surface area contributed by atoms with E-state index < -0.39 is 18.2 Å². The highest BCUT2D eigenvalue weighted by Gasteiger charge is 2.47. The third-order valence-corrected chi connectivity index (χ3v) is 5.01. The third-order valence-electron chi connectivity index (χ3n) is 4.76. The summed E-state index contributed by atoms with van der Waals surface area (Å²) in [5.74, 6) is -1.64. The molecule has 3 rings (SSSR count). The molecule has 28 heavy (non-hydrogen) atoms. The van der Waals surface area contributed by atoms with Crippen LogP contribution in [0.25, 0.3) is 0 Å². The zero-order valence-electron chi connectivity index (χ0n) is 15.3. The molecule has 2 unspecified atom stereocenters.